The standard InChI is InChI=1S/C20H17NO6/c1-25-15-9-7-13(8-10-15)16(22)11-27-20(24)18-17(23)12-26-19(18)21-14-5-3-2-4-6-14/h2-10,21H,11-12H2,1H3. The highest BCUT2D eigenvalue weighted by atomic mass is 16.5. The Morgan fingerprint density at radius 3 is 2.44 bits per heavy atom. The molecule has 0 saturated heterocycles. The lowest BCUT2D eigenvalue weighted by Crippen LogP contribution is -2.20. The van der Waals surface area contributed by atoms with Crippen LogP contribution in [0.25, 0.3) is 0 Å². The maximum atomic E-state index is 12.3. The molecule has 0 radical (unpaired) electrons. The average molecular weight is 367 g/mol. The van der Waals surface area contributed by atoms with Crippen molar-refractivity contribution in [1.29, 1.82) is 0 Å². The van der Waals surface area contributed by atoms with Crippen molar-refractivity contribution in [3.05, 3.63) is 71.6 Å². The molecule has 0 aliphatic carbocycles. The van der Waals surface area contributed by atoms with Crippen LogP contribution in [0.5, 0.6) is 5.75 Å². The van der Waals surface area contributed by atoms with Crippen molar-refractivity contribution in [2.75, 3.05) is 25.6 Å². The van der Waals surface area contributed by atoms with E-state index in [2.05, 4.69) is 5.32 Å². The number of carbonyl (C=O) groups excluding carboxylic acids is 3. The minimum atomic E-state index is -0.905. The number of ketones is 2. The number of hydrogen-bond acceptors (Lipinski definition) is 7. The maximum Gasteiger partial charge on any atom is 0.347 e. The molecule has 27 heavy (non-hydrogen) atoms. The van der Waals surface area contributed by atoms with E-state index in [1.54, 1.807) is 48.5 Å². The number of benzene rings is 2. The highest BCUT2D eigenvalue weighted by Crippen LogP contribution is 2.20. The third-order valence-electron chi connectivity index (χ3n) is 3.84. The van der Waals surface area contributed by atoms with Crippen molar-refractivity contribution in [3.8, 4) is 5.75 Å². The van der Waals surface area contributed by atoms with Crippen LogP contribution in [0, 0.1) is 0 Å². The fourth-order valence-corrected chi connectivity index (χ4v) is 2.43. The van der Waals surface area contributed by atoms with Gasteiger partial charge in [-0.3, -0.25) is 9.59 Å². The molecule has 3 rings (SSSR count). The first-order chi connectivity index (χ1) is 13.1. The number of rotatable bonds is 7. The maximum absolute atomic E-state index is 12.3. The monoisotopic (exact) mass is 367 g/mol. The molecule has 0 aromatic heterocycles. The van der Waals surface area contributed by atoms with E-state index in [-0.39, 0.29) is 18.1 Å². The molecule has 0 unspecified atom stereocenters. The molecule has 1 aliphatic rings. The van der Waals surface area contributed by atoms with Gasteiger partial charge in [-0.2, -0.15) is 0 Å². The Hall–Kier alpha value is -3.61. The highest BCUT2D eigenvalue weighted by Gasteiger charge is 2.32. The van der Waals surface area contributed by atoms with Crippen LogP contribution >= 0.6 is 0 Å². The minimum absolute atomic E-state index is 0.0214. The number of Topliss-reactive ketones (excluding diaryl/α,β-unsaturated/α-hetero) is 2. The van der Waals surface area contributed by atoms with E-state index in [9.17, 15) is 14.4 Å². The molecule has 2 aromatic carbocycles. The summed E-state index contributed by atoms with van der Waals surface area (Å²) in [6, 6.07) is 15.4. The Labute approximate surface area is 155 Å². The van der Waals surface area contributed by atoms with Crippen LogP contribution in [0.1, 0.15) is 10.4 Å². The second-order valence-corrected chi connectivity index (χ2v) is 5.63. The van der Waals surface area contributed by atoms with Crippen molar-refractivity contribution in [3.63, 3.8) is 0 Å². The van der Waals surface area contributed by atoms with Crippen LogP contribution in [0.3, 0.4) is 0 Å². The highest BCUT2D eigenvalue weighted by molar-refractivity contribution is 6.20. The molecule has 0 atom stereocenters. The molecular formula is C20H17NO6. The minimum Gasteiger partial charge on any atom is -0.497 e. The first-order valence-corrected chi connectivity index (χ1v) is 8.15. The molecule has 0 saturated carbocycles. The summed E-state index contributed by atoms with van der Waals surface area (Å²) in [5, 5.41) is 2.87. The molecule has 138 valence electrons. The Morgan fingerprint density at radius 2 is 1.78 bits per heavy atom. The van der Waals surface area contributed by atoms with Gasteiger partial charge >= 0.3 is 5.97 Å². The lowest BCUT2D eigenvalue weighted by molar-refractivity contribution is -0.139. The summed E-state index contributed by atoms with van der Waals surface area (Å²) < 4.78 is 15.3. The van der Waals surface area contributed by atoms with Gasteiger partial charge in [0.1, 0.15) is 5.75 Å². The van der Waals surface area contributed by atoms with Gasteiger partial charge in [0.25, 0.3) is 0 Å². The van der Waals surface area contributed by atoms with Crippen LogP contribution in [0.4, 0.5) is 5.69 Å². The van der Waals surface area contributed by atoms with E-state index in [4.69, 9.17) is 14.2 Å². The smallest absolute Gasteiger partial charge is 0.347 e. The van der Waals surface area contributed by atoms with Gasteiger partial charge in [-0.15, -0.1) is 0 Å². The van der Waals surface area contributed by atoms with E-state index < -0.39 is 24.1 Å². The zero-order valence-electron chi connectivity index (χ0n) is 14.6. The predicted molar refractivity (Wildman–Crippen MR) is 96.3 cm³/mol. The number of hydrogen-bond donors (Lipinski definition) is 1. The Bertz CT molecular complexity index is 886. The van der Waals surface area contributed by atoms with Gasteiger partial charge < -0.3 is 19.5 Å². The number of esters is 1. The van der Waals surface area contributed by atoms with Crippen LogP contribution < -0.4 is 10.1 Å². The lowest BCUT2D eigenvalue weighted by atomic mass is 10.1. The van der Waals surface area contributed by atoms with Crippen molar-refractivity contribution in [1.82, 2.24) is 0 Å². The first kappa shape index (κ1) is 18.2. The summed E-state index contributed by atoms with van der Waals surface area (Å²) in [6.07, 6.45) is 0. The van der Waals surface area contributed by atoms with E-state index >= 15 is 0 Å². The lowest BCUT2D eigenvalue weighted by Gasteiger charge is -2.09. The summed E-state index contributed by atoms with van der Waals surface area (Å²) >= 11 is 0. The molecular weight excluding hydrogens is 350 g/mol. The molecule has 0 bridgehead atoms. The fraction of sp³-hybridized carbons (Fsp3) is 0.150. The van der Waals surface area contributed by atoms with Crippen LogP contribution in [-0.4, -0.2) is 37.9 Å². The third kappa shape index (κ3) is 4.33. The zero-order valence-corrected chi connectivity index (χ0v) is 14.6. The summed E-state index contributed by atoms with van der Waals surface area (Å²) in [5.41, 5.74) is 0.789. The van der Waals surface area contributed by atoms with Gasteiger partial charge in [0.2, 0.25) is 11.7 Å². The summed E-state index contributed by atoms with van der Waals surface area (Å²) in [6.45, 7) is -0.743. The molecule has 0 spiro atoms. The predicted octanol–water partition coefficient (Wildman–Crippen LogP) is 2.34. The van der Waals surface area contributed by atoms with Crippen molar-refractivity contribution in [2.45, 2.75) is 0 Å². The van der Waals surface area contributed by atoms with E-state index in [1.165, 1.54) is 7.11 Å². The van der Waals surface area contributed by atoms with Gasteiger partial charge in [0.15, 0.2) is 24.6 Å². The van der Waals surface area contributed by atoms with Crippen molar-refractivity contribution < 1.29 is 28.6 Å². The number of anilines is 1. The Balaban J connectivity index is 1.66. The van der Waals surface area contributed by atoms with Gasteiger partial charge in [0, 0.05) is 11.3 Å². The van der Waals surface area contributed by atoms with Gasteiger partial charge in [-0.25, -0.2) is 4.79 Å². The molecule has 0 fully saturated rings. The molecule has 7 heteroatoms. The van der Waals surface area contributed by atoms with Crippen molar-refractivity contribution >= 4 is 23.2 Å². The molecule has 0 amide bonds. The number of carbonyl (C=O) groups is 3. The largest absolute Gasteiger partial charge is 0.497 e. The normalized spacial score (nSPS) is 13.1. The zero-order chi connectivity index (χ0) is 19.2. The average Bonchev–Trinajstić information content (AvgIpc) is 3.06. The van der Waals surface area contributed by atoms with E-state index in [0.717, 1.165) is 0 Å². The summed E-state index contributed by atoms with van der Waals surface area (Å²) in [4.78, 5) is 36.4. The molecule has 1 heterocycles. The van der Waals surface area contributed by atoms with Crippen LogP contribution in [0.15, 0.2) is 66.1 Å². The number of nitrogens with one attached hydrogen (secondary N) is 1. The van der Waals surface area contributed by atoms with E-state index in [1.807, 2.05) is 6.07 Å². The third-order valence-corrected chi connectivity index (χ3v) is 3.84. The van der Waals surface area contributed by atoms with Crippen LogP contribution in [0.2, 0.25) is 0 Å². The van der Waals surface area contributed by atoms with Gasteiger partial charge in [0.05, 0.1) is 7.11 Å². The molecule has 7 nitrogen and oxygen atoms in total. The quantitative estimate of drug-likeness (QED) is 0.456. The van der Waals surface area contributed by atoms with E-state index in [0.29, 0.717) is 17.0 Å². The second kappa shape index (κ2) is 8.18. The number of ether oxygens (including phenoxy) is 3. The second-order valence-electron chi connectivity index (χ2n) is 5.63. The molecule has 2 aromatic rings. The van der Waals surface area contributed by atoms with Gasteiger partial charge in [-0.05, 0) is 36.4 Å². The summed E-state index contributed by atoms with van der Waals surface area (Å²) in [7, 11) is 1.52. The molecule has 1 N–H and O–H groups in total. The topological polar surface area (TPSA) is 90.9 Å². The van der Waals surface area contributed by atoms with Gasteiger partial charge in [-0.1, -0.05) is 18.2 Å². The fourth-order valence-electron chi connectivity index (χ4n) is 2.43. The number of para-hydroxylation sites is 1. The Kier molecular flexibility index (Phi) is 5.51. The molecule has 1 aliphatic heterocycles. The summed E-state index contributed by atoms with van der Waals surface area (Å²) in [5.74, 6) is -1.17. The van der Waals surface area contributed by atoms with Crippen LogP contribution in [-0.2, 0) is 19.1 Å². The SMILES string of the molecule is COc1ccc(C(=O)COC(=O)C2=C(Nc3ccccc3)OCC2=O)cc1. The Morgan fingerprint density at radius 1 is 1.07 bits per heavy atom. The number of methoxy groups -OCH3 is 1. The first-order valence-electron chi connectivity index (χ1n) is 8.15. The van der Waals surface area contributed by atoms with Crippen molar-refractivity contribution in [2.24, 2.45) is 0 Å².